The summed E-state index contributed by atoms with van der Waals surface area (Å²) in [6.07, 6.45) is 12.4. The highest BCUT2D eigenvalue weighted by molar-refractivity contribution is 6.34. The van der Waals surface area contributed by atoms with E-state index >= 15 is 0 Å². The molecule has 0 saturated heterocycles. The molecule has 2 rings (SSSR count). The zero-order valence-corrected chi connectivity index (χ0v) is 18.4. The highest BCUT2D eigenvalue weighted by atomic mass is 35.5. The van der Waals surface area contributed by atoms with Crippen LogP contribution in [0.15, 0.2) is 0 Å². The number of nitrogens with zero attached hydrogens (tertiary/aromatic N) is 3. The Bertz CT molecular complexity index is 713. The first-order chi connectivity index (χ1) is 13.5. The highest BCUT2D eigenvalue weighted by Gasteiger charge is 2.17. The molecule has 2 aromatic rings. The minimum atomic E-state index is -0.156. The van der Waals surface area contributed by atoms with Crippen LogP contribution in [-0.4, -0.2) is 31.9 Å². The maximum Gasteiger partial charge on any atom is 0.306 e. The van der Waals surface area contributed by atoms with Crippen molar-refractivity contribution in [3.05, 3.63) is 16.5 Å². The standard InChI is InChI=1S/C21H35ClN4O2/c1-4-6-8-10-12-17(13-11-9-7-5-2)28-19(27)15-14-18-23-21-20(22)16(3)24-26(21)25-18/h17,24H,4-15H2,1-3H3. The fourth-order valence-electron chi connectivity index (χ4n) is 3.37. The summed E-state index contributed by atoms with van der Waals surface area (Å²) < 4.78 is 7.35. The Morgan fingerprint density at radius 1 is 1.11 bits per heavy atom. The minimum Gasteiger partial charge on any atom is -0.462 e. The van der Waals surface area contributed by atoms with Gasteiger partial charge >= 0.3 is 5.97 Å². The molecule has 0 aliphatic carbocycles. The first-order valence-electron chi connectivity index (χ1n) is 10.8. The molecule has 0 atom stereocenters. The average molecular weight is 411 g/mol. The largest absolute Gasteiger partial charge is 0.462 e. The van der Waals surface area contributed by atoms with Gasteiger partial charge in [0.2, 0.25) is 0 Å². The zero-order chi connectivity index (χ0) is 20.4. The molecule has 0 radical (unpaired) electrons. The molecule has 0 amide bonds. The molecule has 0 aliphatic rings. The molecule has 0 saturated carbocycles. The van der Waals surface area contributed by atoms with Crippen molar-refractivity contribution in [3.63, 3.8) is 0 Å². The molecule has 0 unspecified atom stereocenters. The number of fused-ring (bicyclic) bond motifs is 1. The highest BCUT2D eigenvalue weighted by Crippen LogP contribution is 2.20. The van der Waals surface area contributed by atoms with E-state index < -0.39 is 0 Å². The molecule has 0 spiro atoms. The van der Waals surface area contributed by atoms with Crippen LogP contribution >= 0.6 is 11.6 Å². The van der Waals surface area contributed by atoms with Gasteiger partial charge in [-0.25, -0.2) is 4.98 Å². The van der Waals surface area contributed by atoms with Crippen molar-refractivity contribution in [1.29, 1.82) is 0 Å². The van der Waals surface area contributed by atoms with Crippen LogP contribution in [0.2, 0.25) is 5.02 Å². The molecule has 0 fully saturated rings. The lowest BCUT2D eigenvalue weighted by molar-refractivity contribution is -0.149. The normalized spacial score (nSPS) is 11.6. The number of nitrogens with one attached hydrogen (secondary N) is 1. The lowest BCUT2D eigenvalue weighted by atomic mass is 10.0. The third-order valence-corrected chi connectivity index (χ3v) is 5.51. The van der Waals surface area contributed by atoms with Gasteiger partial charge in [-0.1, -0.05) is 64.0 Å². The van der Waals surface area contributed by atoms with Gasteiger partial charge < -0.3 is 4.74 Å². The molecule has 158 valence electrons. The number of ether oxygens (including phenoxy) is 1. The molecule has 7 heteroatoms. The lowest BCUT2D eigenvalue weighted by Crippen LogP contribution is -2.19. The second kappa shape index (κ2) is 12.1. The number of H-pyrrole nitrogens is 1. The molecular weight excluding hydrogens is 376 g/mol. The van der Waals surface area contributed by atoms with E-state index in [-0.39, 0.29) is 12.1 Å². The second-order valence-corrected chi connectivity index (χ2v) is 8.00. The monoisotopic (exact) mass is 410 g/mol. The van der Waals surface area contributed by atoms with E-state index in [1.807, 2.05) is 6.92 Å². The van der Waals surface area contributed by atoms with Crippen LogP contribution in [0.5, 0.6) is 0 Å². The smallest absolute Gasteiger partial charge is 0.306 e. The fraction of sp³-hybridized carbons (Fsp3) is 0.762. The maximum absolute atomic E-state index is 12.4. The van der Waals surface area contributed by atoms with Crippen molar-refractivity contribution in [2.45, 2.75) is 104 Å². The summed E-state index contributed by atoms with van der Waals surface area (Å²) in [5.41, 5.74) is 1.43. The fourth-order valence-corrected chi connectivity index (χ4v) is 3.54. The molecule has 2 aromatic heterocycles. The quantitative estimate of drug-likeness (QED) is 0.315. The van der Waals surface area contributed by atoms with Crippen LogP contribution in [0.4, 0.5) is 0 Å². The number of rotatable bonds is 14. The van der Waals surface area contributed by atoms with Crippen molar-refractivity contribution < 1.29 is 9.53 Å². The number of hydrogen-bond donors (Lipinski definition) is 1. The summed E-state index contributed by atoms with van der Waals surface area (Å²) in [6, 6.07) is 0. The Balaban J connectivity index is 1.80. The Kier molecular flexibility index (Phi) is 9.82. The predicted molar refractivity (Wildman–Crippen MR) is 113 cm³/mol. The van der Waals surface area contributed by atoms with E-state index in [2.05, 4.69) is 29.0 Å². The number of aromatic amines is 1. The van der Waals surface area contributed by atoms with Gasteiger partial charge in [0.25, 0.3) is 0 Å². The van der Waals surface area contributed by atoms with Gasteiger partial charge in [0.1, 0.15) is 11.1 Å². The van der Waals surface area contributed by atoms with Crippen LogP contribution in [0.3, 0.4) is 0 Å². The van der Waals surface area contributed by atoms with Gasteiger partial charge in [-0.3, -0.25) is 9.89 Å². The van der Waals surface area contributed by atoms with E-state index in [0.29, 0.717) is 29.3 Å². The van der Waals surface area contributed by atoms with Gasteiger partial charge in [0, 0.05) is 6.42 Å². The molecule has 0 aliphatic heterocycles. The average Bonchev–Trinajstić information content (AvgIpc) is 3.19. The van der Waals surface area contributed by atoms with Gasteiger partial charge in [-0.05, 0) is 32.6 Å². The number of carbonyl (C=O) groups is 1. The summed E-state index contributed by atoms with van der Waals surface area (Å²) in [6.45, 7) is 6.29. The topological polar surface area (TPSA) is 72.3 Å². The summed E-state index contributed by atoms with van der Waals surface area (Å²) in [5, 5.41) is 7.94. The Hall–Kier alpha value is -1.56. The maximum atomic E-state index is 12.4. The van der Waals surface area contributed by atoms with Crippen molar-refractivity contribution in [1.82, 2.24) is 19.8 Å². The molecule has 0 bridgehead atoms. The summed E-state index contributed by atoms with van der Waals surface area (Å²) in [7, 11) is 0. The van der Waals surface area contributed by atoms with Crippen LogP contribution < -0.4 is 0 Å². The molecule has 0 aromatic carbocycles. The third kappa shape index (κ3) is 7.12. The van der Waals surface area contributed by atoms with Gasteiger partial charge in [0.05, 0.1) is 12.1 Å². The van der Waals surface area contributed by atoms with E-state index in [1.54, 1.807) is 4.63 Å². The Labute approximate surface area is 173 Å². The number of halogens is 1. The third-order valence-electron chi connectivity index (χ3n) is 5.06. The van der Waals surface area contributed by atoms with Gasteiger partial charge in [0.15, 0.2) is 11.5 Å². The first kappa shape index (κ1) is 22.7. The number of carbonyl (C=O) groups excluding carboxylic acids is 1. The number of hydrogen-bond acceptors (Lipinski definition) is 4. The van der Waals surface area contributed by atoms with Gasteiger partial charge in [-0.2, -0.15) is 4.63 Å². The number of esters is 1. The van der Waals surface area contributed by atoms with Crippen molar-refractivity contribution in [2.75, 3.05) is 0 Å². The molecular formula is C21H35ClN4O2. The number of aryl methyl sites for hydroxylation is 2. The number of unbranched alkanes of at least 4 members (excludes halogenated alkanes) is 6. The van der Waals surface area contributed by atoms with E-state index in [9.17, 15) is 4.79 Å². The summed E-state index contributed by atoms with van der Waals surface area (Å²) >= 11 is 6.18. The van der Waals surface area contributed by atoms with Crippen LogP contribution in [-0.2, 0) is 16.0 Å². The Morgan fingerprint density at radius 3 is 2.32 bits per heavy atom. The Morgan fingerprint density at radius 2 is 1.75 bits per heavy atom. The van der Waals surface area contributed by atoms with Gasteiger partial charge in [-0.15, -0.1) is 5.10 Å². The van der Waals surface area contributed by atoms with Crippen molar-refractivity contribution in [3.8, 4) is 0 Å². The second-order valence-electron chi connectivity index (χ2n) is 7.62. The number of aromatic nitrogens is 4. The van der Waals surface area contributed by atoms with Crippen molar-refractivity contribution >= 4 is 23.2 Å². The molecule has 6 nitrogen and oxygen atoms in total. The minimum absolute atomic E-state index is 0.0443. The molecule has 2 heterocycles. The molecule has 1 N–H and O–H groups in total. The van der Waals surface area contributed by atoms with Crippen LogP contribution in [0, 0.1) is 6.92 Å². The van der Waals surface area contributed by atoms with Crippen LogP contribution in [0.25, 0.3) is 5.65 Å². The van der Waals surface area contributed by atoms with Crippen molar-refractivity contribution in [2.24, 2.45) is 0 Å². The zero-order valence-electron chi connectivity index (χ0n) is 17.6. The molecule has 28 heavy (non-hydrogen) atoms. The summed E-state index contributed by atoms with van der Waals surface area (Å²) in [4.78, 5) is 16.8. The lowest BCUT2D eigenvalue weighted by Gasteiger charge is -2.18. The van der Waals surface area contributed by atoms with Crippen LogP contribution in [0.1, 0.15) is 96.0 Å². The predicted octanol–water partition coefficient (Wildman–Crippen LogP) is 5.80. The first-order valence-corrected chi connectivity index (χ1v) is 11.2. The summed E-state index contributed by atoms with van der Waals surface area (Å²) in [5.74, 6) is 0.448. The SMILES string of the molecule is CCCCCCC(CCCCCC)OC(=O)CCc1nc2c(Cl)c(C)[nH]n2n1. The van der Waals surface area contributed by atoms with E-state index in [1.165, 1.54) is 38.5 Å². The van der Waals surface area contributed by atoms with E-state index in [0.717, 1.165) is 31.4 Å². The van der Waals surface area contributed by atoms with E-state index in [4.69, 9.17) is 16.3 Å².